The van der Waals surface area contributed by atoms with Gasteiger partial charge in [-0.15, -0.1) is 0 Å². The second kappa shape index (κ2) is 7.39. The number of ether oxygens (including phenoxy) is 1. The smallest absolute Gasteiger partial charge is 0.274 e. The van der Waals surface area contributed by atoms with E-state index < -0.39 is 0 Å². The van der Waals surface area contributed by atoms with Gasteiger partial charge in [0.25, 0.3) is 5.91 Å². The zero-order valence-electron chi connectivity index (χ0n) is 14.3. The Morgan fingerprint density at radius 1 is 1.19 bits per heavy atom. The predicted octanol–water partition coefficient (Wildman–Crippen LogP) is 3.19. The zero-order chi connectivity index (χ0) is 17.8. The second-order valence-corrected chi connectivity index (χ2v) is 6.41. The molecule has 1 amide bonds. The molecule has 1 saturated carbocycles. The van der Waals surface area contributed by atoms with Crippen molar-refractivity contribution >= 4 is 5.91 Å². The molecule has 26 heavy (non-hydrogen) atoms. The number of benzene rings is 1. The summed E-state index contributed by atoms with van der Waals surface area (Å²) in [7, 11) is 0. The number of nitrogens with one attached hydrogen (secondary N) is 1. The normalized spacial score (nSPS) is 13.4. The summed E-state index contributed by atoms with van der Waals surface area (Å²) in [6, 6.07) is 15.5. The van der Waals surface area contributed by atoms with Crippen molar-refractivity contribution in [3.8, 4) is 5.75 Å². The number of hydrogen-bond donors (Lipinski definition) is 1. The highest BCUT2D eigenvalue weighted by Gasteiger charge is 2.34. The Morgan fingerprint density at radius 2 is 2.04 bits per heavy atom. The number of para-hydroxylation sites is 1. The van der Waals surface area contributed by atoms with Gasteiger partial charge in [-0.3, -0.25) is 14.9 Å². The standard InChI is InChI=1S/C20H20N4O2/c25-20(24(17-8-9-17)13-15-5-4-10-21-12-15)19-11-16(22-23-19)14-26-18-6-2-1-3-7-18/h1-7,10-12,17H,8-9,13-14H2,(H,22,23). The second-order valence-electron chi connectivity index (χ2n) is 6.41. The number of nitrogens with zero attached hydrogens (tertiary/aromatic N) is 3. The summed E-state index contributed by atoms with van der Waals surface area (Å²) in [6.45, 7) is 0.899. The molecular weight excluding hydrogens is 328 g/mol. The van der Waals surface area contributed by atoms with Gasteiger partial charge in [-0.25, -0.2) is 0 Å². The fourth-order valence-corrected chi connectivity index (χ4v) is 2.81. The highest BCUT2D eigenvalue weighted by Crippen LogP contribution is 2.29. The van der Waals surface area contributed by atoms with E-state index in [1.54, 1.807) is 18.5 Å². The molecule has 4 rings (SSSR count). The molecule has 0 radical (unpaired) electrons. The highest BCUT2D eigenvalue weighted by molar-refractivity contribution is 5.92. The van der Waals surface area contributed by atoms with Gasteiger partial charge in [0, 0.05) is 25.0 Å². The van der Waals surface area contributed by atoms with E-state index in [1.807, 2.05) is 47.4 Å². The zero-order valence-corrected chi connectivity index (χ0v) is 14.3. The van der Waals surface area contributed by atoms with Gasteiger partial charge in [-0.2, -0.15) is 5.10 Å². The number of aromatic amines is 1. The highest BCUT2D eigenvalue weighted by atomic mass is 16.5. The van der Waals surface area contributed by atoms with Crippen LogP contribution in [-0.4, -0.2) is 32.0 Å². The minimum Gasteiger partial charge on any atom is -0.487 e. The largest absolute Gasteiger partial charge is 0.487 e. The van der Waals surface area contributed by atoms with E-state index in [4.69, 9.17) is 4.74 Å². The number of H-pyrrole nitrogens is 1. The minimum absolute atomic E-state index is 0.0569. The van der Waals surface area contributed by atoms with Crippen LogP contribution in [0.3, 0.4) is 0 Å². The third kappa shape index (κ3) is 3.91. The van der Waals surface area contributed by atoms with Crippen LogP contribution in [0.2, 0.25) is 0 Å². The van der Waals surface area contributed by atoms with Gasteiger partial charge < -0.3 is 9.64 Å². The van der Waals surface area contributed by atoms with Gasteiger partial charge in [-0.05, 0) is 42.7 Å². The summed E-state index contributed by atoms with van der Waals surface area (Å²) in [5.41, 5.74) is 2.22. The van der Waals surface area contributed by atoms with Crippen LogP contribution in [-0.2, 0) is 13.2 Å². The summed E-state index contributed by atoms with van der Waals surface area (Å²) in [6.07, 6.45) is 5.62. The molecule has 0 bridgehead atoms. The molecule has 0 saturated heterocycles. The molecule has 132 valence electrons. The molecule has 3 aromatic rings. The van der Waals surface area contributed by atoms with Crippen LogP contribution in [0.1, 0.15) is 34.6 Å². The lowest BCUT2D eigenvalue weighted by Crippen LogP contribution is -2.32. The van der Waals surface area contributed by atoms with Crippen LogP contribution in [0.15, 0.2) is 60.9 Å². The first-order chi connectivity index (χ1) is 12.8. The van der Waals surface area contributed by atoms with E-state index in [0.717, 1.165) is 29.8 Å². The number of rotatable bonds is 7. The molecule has 0 aliphatic heterocycles. The Balaban J connectivity index is 1.42. The summed E-state index contributed by atoms with van der Waals surface area (Å²) in [5.74, 6) is 0.727. The van der Waals surface area contributed by atoms with E-state index in [9.17, 15) is 4.79 Å². The molecule has 0 unspecified atom stereocenters. The maximum atomic E-state index is 12.9. The van der Waals surface area contributed by atoms with Crippen LogP contribution >= 0.6 is 0 Å². The van der Waals surface area contributed by atoms with Gasteiger partial charge in [0.2, 0.25) is 0 Å². The maximum Gasteiger partial charge on any atom is 0.274 e. The number of carbonyl (C=O) groups is 1. The van der Waals surface area contributed by atoms with Crippen molar-refractivity contribution in [2.75, 3.05) is 0 Å². The van der Waals surface area contributed by atoms with Crippen molar-refractivity contribution in [2.45, 2.75) is 32.0 Å². The van der Waals surface area contributed by atoms with Crippen molar-refractivity contribution in [1.82, 2.24) is 20.1 Å². The molecule has 2 aromatic heterocycles. The summed E-state index contributed by atoms with van der Waals surface area (Å²) < 4.78 is 5.70. The molecule has 6 nitrogen and oxygen atoms in total. The van der Waals surface area contributed by atoms with E-state index in [-0.39, 0.29) is 5.91 Å². The van der Waals surface area contributed by atoms with Crippen molar-refractivity contribution in [3.05, 3.63) is 77.9 Å². The number of amides is 1. The topological polar surface area (TPSA) is 71.1 Å². The molecule has 0 atom stereocenters. The molecule has 6 heteroatoms. The van der Waals surface area contributed by atoms with Crippen molar-refractivity contribution in [2.24, 2.45) is 0 Å². The van der Waals surface area contributed by atoms with Gasteiger partial charge >= 0.3 is 0 Å². The Hall–Kier alpha value is -3.15. The molecule has 1 N–H and O–H groups in total. The lowest BCUT2D eigenvalue weighted by atomic mass is 10.2. The number of hydrogen-bond acceptors (Lipinski definition) is 4. The Morgan fingerprint density at radius 3 is 2.77 bits per heavy atom. The monoisotopic (exact) mass is 348 g/mol. The molecule has 1 fully saturated rings. The minimum atomic E-state index is -0.0569. The summed E-state index contributed by atoms with van der Waals surface area (Å²) in [5, 5.41) is 7.09. The lowest BCUT2D eigenvalue weighted by molar-refractivity contribution is 0.0723. The fourth-order valence-electron chi connectivity index (χ4n) is 2.81. The third-order valence-corrected chi connectivity index (χ3v) is 4.31. The first-order valence-electron chi connectivity index (χ1n) is 8.71. The molecule has 1 aromatic carbocycles. The van der Waals surface area contributed by atoms with Crippen molar-refractivity contribution in [1.29, 1.82) is 0 Å². The molecule has 0 spiro atoms. The molecule has 1 aliphatic rings. The fraction of sp³-hybridized carbons (Fsp3) is 0.250. The SMILES string of the molecule is O=C(c1cc(COc2ccccc2)[nH]n1)N(Cc1cccnc1)C1CC1. The predicted molar refractivity (Wildman–Crippen MR) is 96.5 cm³/mol. The van der Waals surface area contributed by atoms with E-state index in [2.05, 4.69) is 15.2 Å². The van der Waals surface area contributed by atoms with Crippen LogP contribution in [0, 0.1) is 0 Å². The van der Waals surface area contributed by atoms with Crippen LogP contribution < -0.4 is 4.74 Å². The van der Waals surface area contributed by atoms with Gasteiger partial charge in [0.05, 0.1) is 5.69 Å². The average Bonchev–Trinajstić information content (AvgIpc) is 3.42. The molecular formula is C20H20N4O2. The van der Waals surface area contributed by atoms with E-state index >= 15 is 0 Å². The average molecular weight is 348 g/mol. The van der Waals surface area contributed by atoms with E-state index in [0.29, 0.717) is 24.9 Å². The van der Waals surface area contributed by atoms with Gasteiger partial charge in [-0.1, -0.05) is 24.3 Å². The first kappa shape index (κ1) is 16.3. The van der Waals surface area contributed by atoms with Crippen LogP contribution in [0.4, 0.5) is 0 Å². The Kier molecular flexibility index (Phi) is 4.64. The molecule has 2 heterocycles. The summed E-state index contributed by atoms with van der Waals surface area (Å²) in [4.78, 5) is 18.9. The van der Waals surface area contributed by atoms with Gasteiger partial charge in [0.15, 0.2) is 5.69 Å². The Labute approximate surface area is 151 Å². The quantitative estimate of drug-likeness (QED) is 0.712. The number of carbonyl (C=O) groups excluding carboxylic acids is 1. The van der Waals surface area contributed by atoms with Gasteiger partial charge in [0.1, 0.15) is 12.4 Å². The lowest BCUT2D eigenvalue weighted by Gasteiger charge is -2.21. The number of aromatic nitrogens is 3. The third-order valence-electron chi connectivity index (χ3n) is 4.31. The van der Waals surface area contributed by atoms with Crippen LogP contribution in [0.25, 0.3) is 0 Å². The Bertz CT molecular complexity index is 860. The van der Waals surface area contributed by atoms with Crippen LogP contribution in [0.5, 0.6) is 5.75 Å². The summed E-state index contributed by atoms with van der Waals surface area (Å²) >= 11 is 0. The van der Waals surface area contributed by atoms with E-state index in [1.165, 1.54) is 0 Å². The molecule has 1 aliphatic carbocycles. The van der Waals surface area contributed by atoms with Crippen molar-refractivity contribution in [3.63, 3.8) is 0 Å². The number of pyridine rings is 1. The maximum absolute atomic E-state index is 12.9. The van der Waals surface area contributed by atoms with Crippen molar-refractivity contribution < 1.29 is 9.53 Å². The first-order valence-corrected chi connectivity index (χ1v) is 8.71.